The van der Waals surface area contributed by atoms with Gasteiger partial charge in [0.25, 0.3) is 0 Å². The highest BCUT2D eigenvalue weighted by Crippen LogP contribution is 2.36. The molecule has 0 saturated heterocycles. The molecule has 114 valence electrons. The number of aromatic hydroxyl groups is 1. The minimum absolute atomic E-state index is 0.290. The van der Waals surface area contributed by atoms with Gasteiger partial charge in [-0.2, -0.15) is 13.2 Å². The molecule has 20 heavy (non-hydrogen) atoms. The number of hydrogen-bond donors (Lipinski definition) is 1. The van der Waals surface area contributed by atoms with Gasteiger partial charge in [-0.15, -0.1) is 0 Å². The van der Waals surface area contributed by atoms with Gasteiger partial charge in [-0.1, -0.05) is 19.9 Å². The van der Waals surface area contributed by atoms with Gasteiger partial charge in [0.1, 0.15) is 5.75 Å². The quantitative estimate of drug-likeness (QED) is 0.874. The summed E-state index contributed by atoms with van der Waals surface area (Å²) in [7, 11) is 1.90. The van der Waals surface area contributed by atoms with Gasteiger partial charge in [0, 0.05) is 12.6 Å². The zero-order chi connectivity index (χ0) is 15.5. The molecule has 1 aromatic rings. The van der Waals surface area contributed by atoms with Crippen LogP contribution in [0.5, 0.6) is 5.75 Å². The molecule has 2 nitrogen and oxygen atoms in total. The van der Waals surface area contributed by atoms with Gasteiger partial charge in [0.2, 0.25) is 0 Å². The first-order valence-corrected chi connectivity index (χ1v) is 6.70. The molecule has 1 rings (SSSR count). The summed E-state index contributed by atoms with van der Waals surface area (Å²) in [5.41, 5.74) is -0.423. The van der Waals surface area contributed by atoms with Crippen LogP contribution in [0.15, 0.2) is 18.2 Å². The normalized spacial score (nSPS) is 14.1. The van der Waals surface area contributed by atoms with E-state index < -0.39 is 17.5 Å². The molecule has 0 aromatic heterocycles. The first kappa shape index (κ1) is 16.8. The van der Waals surface area contributed by atoms with Crippen molar-refractivity contribution in [1.82, 2.24) is 4.90 Å². The Balaban J connectivity index is 2.83. The Morgan fingerprint density at radius 1 is 1.20 bits per heavy atom. The van der Waals surface area contributed by atoms with Crippen LogP contribution >= 0.6 is 0 Å². The van der Waals surface area contributed by atoms with E-state index in [0.29, 0.717) is 18.0 Å². The Labute approximate surface area is 118 Å². The Bertz CT molecular complexity index is 443. The van der Waals surface area contributed by atoms with E-state index in [1.807, 2.05) is 11.9 Å². The molecule has 0 bridgehead atoms. The van der Waals surface area contributed by atoms with Gasteiger partial charge in [0.15, 0.2) is 0 Å². The predicted octanol–water partition coefficient (Wildman–Crippen LogP) is 4.28. The standard InChI is InChI=1S/C15H22F3NO/c1-10(2)7-11(3)19(4)9-12-5-6-14(20)13(8-12)15(16,17)18/h5-6,8,10-11,20H,7,9H2,1-4H3. The highest BCUT2D eigenvalue weighted by molar-refractivity contribution is 5.38. The van der Waals surface area contributed by atoms with E-state index in [9.17, 15) is 18.3 Å². The molecule has 0 amide bonds. The van der Waals surface area contributed by atoms with Gasteiger partial charge < -0.3 is 5.11 Å². The number of halogens is 3. The number of hydrogen-bond acceptors (Lipinski definition) is 2. The van der Waals surface area contributed by atoms with Gasteiger partial charge in [-0.3, -0.25) is 4.90 Å². The van der Waals surface area contributed by atoms with Crippen molar-refractivity contribution in [1.29, 1.82) is 0 Å². The van der Waals surface area contributed by atoms with E-state index in [4.69, 9.17) is 0 Å². The molecule has 1 aromatic carbocycles. The van der Waals surface area contributed by atoms with Gasteiger partial charge in [-0.05, 0) is 44.0 Å². The second-order valence-electron chi connectivity index (χ2n) is 5.74. The monoisotopic (exact) mass is 289 g/mol. The van der Waals surface area contributed by atoms with Crippen molar-refractivity contribution in [2.75, 3.05) is 7.05 Å². The van der Waals surface area contributed by atoms with Crippen LogP contribution in [0.4, 0.5) is 13.2 Å². The van der Waals surface area contributed by atoms with Crippen molar-refractivity contribution in [3.63, 3.8) is 0 Å². The maximum Gasteiger partial charge on any atom is 0.419 e. The van der Waals surface area contributed by atoms with E-state index in [0.717, 1.165) is 18.6 Å². The molecule has 0 aliphatic rings. The second kappa shape index (κ2) is 6.48. The third kappa shape index (κ3) is 4.71. The van der Waals surface area contributed by atoms with Crippen LogP contribution in [0.3, 0.4) is 0 Å². The molecular weight excluding hydrogens is 267 g/mol. The minimum Gasteiger partial charge on any atom is -0.507 e. The SMILES string of the molecule is CC(C)CC(C)N(C)Cc1ccc(O)c(C(F)(F)F)c1. The summed E-state index contributed by atoms with van der Waals surface area (Å²) in [5, 5.41) is 9.30. The summed E-state index contributed by atoms with van der Waals surface area (Å²) < 4.78 is 38.2. The Hall–Kier alpha value is -1.23. The molecule has 0 aliphatic heterocycles. The maximum absolute atomic E-state index is 12.7. The molecule has 1 N–H and O–H groups in total. The van der Waals surface area contributed by atoms with Crippen LogP contribution in [0.1, 0.15) is 38.3 Å². The van der Waals surface area contributed by atoms with Crippen LogP contribution in [0.2, 0.25) is 0 Å². The molecule has 0 aliphatic carbocycles. The van der Waals surface area contributed by atoms with Crippen LogP contribution in [-0.2, 0) is 12.7 Å². The zero-order valence-electron chi connectivity index (χ0n) is 12.3. The number of nitrogens with zero attached hydrogens (tertiary/aromatic N) is 1. The van der Waals surface area contributed by atoms with Crippen molar-refractivity contribution < 1.29 is 18.3 Å². The van der Waals surface area contributed by atoms with Crippen LogP contribution in [-0.4, -0.2) is 23.1 Å². The van der Waals surface area contributed by atoms with Gasteiger partial charge in [-0.25, -0.2) is 0 Å². The molecule has 0 spiro atoms. The average Bonchev–Trinajstić information content (AvgIpc) is 2.29. The number of phenolic OH excluding ortho intramolecular Hbond substituents is 1. The third-order valence-corrected chi connectivity index (χ3v) is 3.36. The van der Waals surface area contributed by atoms with Crippen molar-refractivity contribution in [2.24, 2.45) is 5.92 Å². The Morgan fingerprint density at radius 2 is 1.80 bits per heavy atom. The zero-order valence-corrected chi connectivity index (χ0v) is 12.3. The fourth-order valence-corrected chi connectivity index (χ4v) is 2.21. The minimum atomic E-state index is -4.53. The summed E-state index contributed by atoms with van der Waals surface area (Å²) in [4.78, 5) is 2.02. The Morgan fingerprint density at radius 3 is 2.30 bits per heavy atom. The van der Waals surface area contributed by atoms with E-state index in [1.165, 1.54) is 6.07 Å². The summed E-state index contributed by atoms with van der Waals surface area (Å²) in [6, 6.07) is 3.95. The van der Waals surface area contributed by atoms with Crippen molar-refractivity contribution in [3.05, 3.63) is 29.3 Å². The van der Waals surface area contributed by atoms with Crippen molar-refractivity contribution in [2.45, 2.75) is 46.0 Å². The molecule has 1 atom stereocenters. The van der Waals surface area contributed by atoms with Gasteiger partial charge in [0.05, 0.1) is 5.56 Å². The van der Waals surface area contributed by atoms with Crippen LogP contribution < -0.4 is 0 Å². The first-order valence-electron chi connectivity index (χ1n) is 6.70. The molecule has 5 heteroatoms. The van der Waals surface area contributed by atoms with E-state index in [2.05, 4.69) is 20.8 Å². The molecule has 1 unspecified atom stereocenters. The smallest absolute Gasteiger partial charge is 0.419 e. The van der Waals surface area contributed by atoms with Crippen LogP contribution in [0.25, 0.3) is 0 Å². The maximum atomic E-state index is 12.7. The number of benzene rings is 1. The summed E-state index contributed by atoms with van der Waals surface area (Å²) in [5.74, 6) is -0.183. The summed E-state index contributed by atoms with van der Waals surface area (Å²) in [6.07, 6.45) is -3.54. The largest absolute Gasteiger partial charge is 0.507 e. The van der Waals surface area contributed by atoms with E-state index in [-0.39, 0.29) is 6.04 Å². The lowest BCUT2D eigenvalue weighted by molar-refractivity contribution is -0.138. The lowest BCUT2D eigenvalue weighted by Crippen LogP contribution is -2.29. The first-order chi connectivity index (χ1) is 9.11. The summed E-state index contributed by atoms with van der Waals surface area (Å²) >= 11 is 0. The third-order valence-electron chi connectivity index (χ3n) is 3.36. The number of rotatable bonds is 5. The Kier molecular flexibility index (Phi) is 5.45. The molecular formula is C15H22F3NO. The van der Waals surface area contributed by atoms with Crippen LogP contribution in [0, 0.1) is 5.92 Å². The summed E-state index contributed by atoms with van der Waals surface area (Å²) in [6.45, 7) is 6.72. The molecule has 0 radical (unpaired) electrons. The number of phenols is 1. The lowest BCUT2D eigenvalue weighted by Gasteiger charge is -2.26. The van der Waals surface area contributed by atoms with Gasteiger partial charge >= 0.3 is 6.18 Å². The van der Waals surface area contributed by atoms with Crippen molar-refractivity contribution in [3.8, 4) is 5.75 Å². The highest BCUT2D eigenvalue weighted by atomic mass is 19.4. The van der Waals surface area contributed by atoms with Crippen molar-refractivity contribution >= 4 is 0 Å². The topological polar surface area (TPSA) is 23.5 Å². The lowest BCUT2D eigenvalue weighted by atomic mass is 10.0. The highest BCUT2D eigenvalue weighted by Gasteiger charge is 2.34. The number of alkyl halides is 3. The van der Waals surface area contributed by atoms with E-state index in [1.54, 1.807) is 0 Å². The molecule has 0 fully saturated rings. The predicted molar refractivity (Wildman–Crippen MR) is 73.5 cm³/mol. The fourth-order valence-electron chi connectivity index (χ4n) is 2.21. The molecule has 0 heterocycles. The van der Waals surface area contributed by atoms with E-state index >= 15 is 0 Å². The average molecular weight is 289 g/mol. The fraction of sp³-hybridized carbons (Fsp3) is 0.600. The molecule has 0 saturated carbocycles. The second-order valence-corrected chi connectivity index (χ2v) is 5.74.